The van der Waals surface area contributed by atoms with Gasteiger partial charge in [0.25, 0.3) is 0 Å². The molecule has 1 heterocycles. The lowest BCUT2D eigenvalue weighted by molar-refractivity contribution is -0.138. The molecule has 1 saturated heterocycles. The standard InChI is InChI=1S/C16H19N3O5/c1-23-15(21)9-12(16(22)24-2)18-11-5-3-4-6-13(11)19-8-7-17-14(20)10-19/h3-6,9,18H,7-8,10H2,1-2H3,(H,17,20)/b12-9+. The fourth-order valence-electron chi connectivity index (χ4n) is 2.28. The van der Waals surface area contributed by atoms with E-state index in [9.17, 15) is 14.4 Å². The van der Waals surface area contributed by atoms with Gasteiger partial charge in [-0.2, -0.15) is 0 Å². The predicted molar refractivity (Wildman–Crippen MR) is 87.4 cm³/mol. The van der Waals surface area contributed by atoms with Crippen molar-refractivity contribution in [2.75, 3.05) is 44.1 Å². The summed E-state index contributed by atoms with van der Waals surface area (Å²) in [4.78, 5) is 36.8. The quantitative estimate of drug-likeness (QED) is 0.589. The van der Waals surface area contributed by atoms with Gasteiger partial charge in [-0.3, -0.25) is 4.79 Å². The third kappa shape index (κ3) is 4.25. The Bertz CT molecular complexity index is 671. The lowest BCUT2D eigenvalue weighted by Gasteiger charge is -2.30. The number of piperazine rings is 1. The van der Waals surface area contributed by atoms with Gasteiger partial charge in [-0.1, -0.05) is 12.1 Å². The summed E-state index contributed by atoms with van der Waals surface area (Å²) < 4.78 is 9.22. The number of hydrogen-bond donors (Lipinski definition) is 2. The molecule has 0 saturated carbocycles. The average molecular weight is 333 g/mol. The van der Waals surface area contributed by atoms with Crippen LogP contribution in [0.15, 0.2) is 36.0 Å². The van der Waals surface area contributed by atoms with Crippen LogP contribution in [-0.4, -0.2) is 51.7 Å². The highest BCUT2D eigenvalue weighted by Gasteiger charge is 2.20. The number of methoxy groups -OCH3 is 2. The van der Waals surface area contributed by atoms with Crippen LogP contribution in [0.4, 0.5) is 11.4 Å². The minimum Gasteiger partial charge on any atom is -0.466 e. The van der Waals surface area contributed by atoms with Crippen LogP contribution in [-0.2, 0) is 23.9 Å². The van der Waals surface area contributed by atoms with Crippen molar-refractivity contribution in [1.29, 1.82) is 0 Å². The molecule has 2 N–H and O–H groups in total. The Morgan fingerprint density at radius 2 is 2.00 bits per heavy atom. The van der Waals surface area contributed by atoms with Gasteiger partial charge in [-0.15, -0.1) is 0 Å². The Morgan fingerprint density at radius 3 is 2.67 bits per heavy atom. The summed E-state index contributed by atoms with van der Waals surface area (Å²) >= 11 is 0. The molecule has 0 radical (unpaired) electrons. The van der Waals surface area contributed by atoms with Crippen LogP contribution in [0.5, 0.6) is 0 Å². The molecule has 8 nitrogen and oxygen atoms in total. The van der Waals surface area contributed by atoms with Crippen LogP contribution in [0.2, 0.25) is 0 Å². The van der Waals surface area contributed by atoms with Crippen molar-refractivity contribution in [3.63, 3.8) is 0 Å². The second kappa shape index (κ2) is 8.00. The molecule has 0 aliphatic carbocycles. The molecule has 0 atom stereocenters. The van der Waals surface area contributed by atoms with Crippen LogP contribution in [0, 0.1) is 0 Å². The maximum atomic E-state index is 11.9. The summed E-state index contributed by atoms with van der Waals surface area (Å²) in [6, 6.07) is 7.18. The molecule has 1 aromatic rings. The number of carbonyl (C=O) groups excluding carboxylic acids is 3. The van der Waals surface area contributed by atoms with Gasteiger partial charge < -0.3 is 25.0 Å². The van der Waals surface area contributed by atoms with E-state index in [2.05, 4.69) is 20.1 Å². The fraction of sp³-hybridized carbons (Fsp3) is 0.312. The Kier molecular flexibility index (Phi) is 5.78. The SMILES string of the molecule is COC(=O)/C=C(/Nc1ccccc1N1CCNC(=O)C1)C(=O)OC. The Labute approximate surface area is 139 Å². The number of carbonyl (C=O) groups is 3. The maximum absolute atomic E-state index is 11.9. The zero-order chi connectivity index (χ0) is 17.5. The number of ether oxygens (including phenoxy) is 2. The molecule has 1 amide bonds. The molecule has 0 unspecified atom stereocenters. The summed E-state index contributed by atoms with van der Waals surface area (Å²) in [7, 11) is 2.43. The van der Waals surface area contributed by atoms with Gasteiger partial charge in [-0.25, -0.2) is 9.59 Å². The number of esters is 2. The van der Waals surface area contributed by atoms with E-state index >= 15 is 0 Å². The molecule has 1 aromatic carbocycles. The monoisotopic (exact) mass is 333 g/mol. The van der Waals surface area contributed by atoms with E-state index in [1.54, 1.807) is 12.1 Å². The minimum atomic E-state index is -0.702. The van der Waals surface area contributed by atoms with E-state index in [1.807, 2.05) is 17.0 Å². The zero-order valence-corrected chi connectivity index (χ0v) is 13.5. The van der Waals surface area contributed by atoms with E-state index < -0.39 is 11.9 Å². The molecule has 2 rings (SSSR count). The van der Waals surface area contributed by atoms with Crippen LogP contribution in [0.3, 0.4) is 0 Å². The van der Waals surface area contributed by atoms with E-state index in [1.165, 1.54) is 14.2 Å². The molecule has 0 bridgehead atoms. The summed E-state index contributed by atoms with van der Waals surface area (Å²) in [6.07, 6.45) is 1.02. The van der Waals surface area contributed by atoms with Gasteiger partial charge in [0.05, 0.1) is 38.2 Å². The molecular weight excluding hydrogens is 314 g/mol. The Morgan fingerprint density at radius 1 is 1.25 bits per heavy atom. The number of hydrogen-bond acceptors (Lipinski definition) is 7. The summed E-state index contributed by atoms with van der Waals surface area (Å²) in [5.74, 6) is -1.46. The highest BCUT2D eigenvalue weighted by Crippen LogP contribution is 2.27. The van der Waals surface area contributed by atoms with Crippen LogP contribution >= 0.6 is 0 Å². The number of amides is 1. The van der Waals surface area contributed by atoms with Gasteiger partial charge in [0, 0.05) is 13.1 Å². The number of benzene rings is 1. The second-order valence-corrected chi connectivity index (χ2v) is 4.99. The summed E-state index contributed by atoms with van der Waals surface area (Å²) in [5, 5.41) is 5.64. The molecule has 24 heavy (non-hydrogen) atoms. The molecule has 0 spiro atoms. The molecular formula is C16H19N3O5. The fourth-order valence-corrected chi connectivity index (χ4v) is 2.28. The summed E-state index contributed by atoms with van der Waals surface area (Å²) in [6.45, 7) is 1.39. The van der Waals surface area contributed by atoms with Gasteiger partial charge >= 0.3 is 11.9 Å². The van der Waals surface area contributed by atoms with E-state index in [0.29, 0.717) is 18.8 Å². The number of anilines is 2. The van der Waals surface area contributed by atoms with Crippen molar-refractivity contribution in [3.05, 3.63) is 36.0 Å². The largest absolute Gasteiger partial charge is 0.466 e. The topological polar surface area (TPSA) is 97.0 Å². The minimum absolute atomic E-state index is 0.0572. The molecule has 0 aromatic heterocycles. The first-order valence-corrected chi connectivity index (χ1v) is 7.30. The lowest BCUT2D eigenvalue weighted by Crippen LogP contribution is -2.47. The molecule has 128 valence electrons. The molecule has 1 aliphatic rings. The van der Waals surface area contributed by atoms with E-state index in [4.69, 9.17) is 0 Å². The van der Waals surface area contributed by atoms with Crippen molar-refractivity contribution in [2.45, 2.75) is 0 Å². The number of nitrogens with one attached hydrogen (secondary N) is 2. The summed E-state index contributed by atoms with van der Waals surface area (Å²) in [5.41, 5.74) is 1.26. The van der Waals surface area contributed by atoms with Gasteiger partial charge in [0.15, 0.2) is 0 Å². The van der Waals surface area contributed by atoms with Crippen molar-refractivity contribution < 1.29 is 23.9 Å². The van der Waals surface area contributed by atoms with Gasteiger partial charge in [0.1, 0.15) is 5.70 Å². The van der Waals surface area contributed by atoms with Crippen molar-refractivity contribution in [1.82, 2.24) is 5.32 Å². The van der Waals surface area contributed by atoms with Crippen molar-refractivity contribution in [2.24, 2.45) is 0 Å². The maximum Gasteiger partial charge on any atom is 0.354 e. The third-order valence-corrected chi connectivity index (χ3v) is 3.42. The van der Waals surface area contributed by atoms with Crippen LogP contribution in [0.25, 0.3) is 0 Å². The van der Waals surface area contributed by atoms with Gasteiger partial charge in [0.2, 0.25) is 5.91 Å². The molecule has 8 heteroatoms. The highest BCUT2D eigenvalue weighted by atomic mass is 16.5. The first kappa shape index (κ1) is 17.3. The predicted octanol–water partition coefficient (Wildman–Crippen LogP) is 0.265. The van der Waals surface area contributed by atoms with Crippen molar-refractivity contribution >= 4 is 29.2 Å². The highest BCUT2D eigenvalue weighted by molar-refractivity contribution is 5.99. The lowest BCUT2D eigenvalue weighted by atomic mass is 10.2. The molecule has 1 fully saturated rings. The smallest absolute Gasteiger partial charge is 0.354 e. The Balaban J connectivity index is 2.30. The number of rotatable bonds is 5. The van der Waals surface area contributed by atoms with Crippen molar-refractivity contribution in [3.8, 4) is 0 Å². The first-order valence-electron chi connectivity index (χ1n) is 7.30. The normalized spacial score (nSPS) is 14.7. The first-order chi connectivity index (χ1) is 11.5. The Hall–Kier alpha value is -3.03. The van der Waals surface area contributed by atoms with Crippen LogP contribution in [0.1, 0.15) is 0 Å². The number of para-hydroxylation sites is 2. The van der Waals surface area contributed by atoms with E-state index in [-0.39, 0.29) is 18.1 Å². The zero-order valence-electron chi connectivity index (χ0n) is 13.5. The second-order valence-electron chi connectivity index (χ2n) is 4.99. The van der Waals surface area contributed by atoms with Gasteiger partial charge in [-0.05, 0) is 12.1 Å². The average Bonchev–Trinajstić information content (AvgIpc) is 2.60. The van der Waals surface area contributed by atoms with E-state index in [0.717, 1.165) is 11.8 Å². The molecule has 1 aliphatic heterocycles. The number of nitrogens with zero attached hydrogens (tertiary/aromatic N) is 1. The van der Waals surface area contributed by atoms with Crippen LogP contribution < -0.4 is 15.5 Å². The third-order valence-electron chi connectivity index (χ3n) is 3.42.